The molecule has 4 rings (SSSR count). The molecule has 31 heavy (non-hydrogen) atoms. The fraction of sp³-hybridized carbons (Fsp3) is 0.100. The van der Waals surface area contributed by atoms with Gasteiger partial charge >= 0.3 is 5.97 Å². The van der Waals surface area contributed by atoms with Gasteiger partial charge in [0.1, 0.15) is 22.6 Å². The van der Waals surface area contributed by atoms with Crippen LogP contribution in [0.3, 0.4) is 0 Å². The zero-order valence-corrected chi connectivity index (χ0v) is 16.7. The van der Waals surface area contributed by atoms with Crippen molar-refractivity contribution < 1.29 is 23.4 Å². The molecule has 2 aromatic heterocycles. The van der Waals surface area contributed by atoms with Gasteiger partial charge in [-0.2, -0.15) is 0 Å². The van der Waals surface area contributed by atoms with Crippen molar-refractivity contribution in [1.82, 2.24) is 15.4 Å². The van der Waals surface area contributed by atoms with Gasteiger partial charge in [0.15, 0.2) is 6.61 Å². The lowest BCUT2D eigenvalue weighted by molar-refractivity contribution is -0.385. The quantitative estimate of drug-likeness (QED) is 0.239. The summed E-state index contributed by atoms with van der Waals surface area (Å²) in [4.78, 5) is 22.7. The van der Waals surface area contributed by atoms with Crippen molar-refractivity contribution in [2.45, 2.75) is 13.5 Å². The Hall–Kier alpha value is -4.05. The third-order valence-corrected chi connectivity index (χ3v) is 4.53. The van der Waals surface area contributed by atoms with Gasteiger partial charge in [-0.25, -0.2) is 4.79 Å². The first-order valence-corrected chi connectivity index (χ1v) is 9.27. The van der Waals surface area contributed by atoms with Gasteiger partial charge in [-0.15, -0.1) is 10.2 Å². The molecule has 0 aliphatic carbocycles. The summed E-state index contributed by atoms with van der Waals surface area (Å²) in [7, 11) is 0. The number of rotatable bonds is 6. The van der Waals surface area contributed by atoms with Crippen LogP contribution in [-0.2, 0) is 11.3 Å². The fourth-order valence-electron chi connectivity index (χ4n) is 2.86. The number of hydrogen-bond donors (Lipinski definition) is 0. The minimum Gasteiger partial charge on any atom is -0.452 e. The predicted molar refractivity (Wildman–Crippen MR) is 107 cm³/mol. The molecular formula is C20H13ClN4O6. The van der Waals surface area contributed by atoms with Crippen LogP contribution >= 0.6 is 11.6 Å². The van der Waals surface area contributed by atoms with Crippen LogP contribution in [0.1, 0.15) is 22.0 Å². The fourth-order valence-corrected chi connectivity index (χ4v) is 3.03. The number of nitro groups is 1. The van der Waals surface area contributed by atoms with Crippen molar-refractivity contribution in [3.8, 4) is 22.7 Å². The standard InChI is InChI=1S/C20H13ClN4O6/c1-11-17(18(24-31-11)12-5-3-2-4-6-12)19-23-22-16(30-19)10-29-20(26)14-8-7-13(21)9-15(14)25(27)28/h2-9H,10H2,1H3. The number of nitrogens with zero attached hydrogens (tertiary/aromatic N) is 4. The maximum Gasteiger partial charge on any atom is 0.345 e. The summed E-state index contributed by atoms with van der Waals surface area (Å²) in [6.07, 6.45) is 0. The van der Waals surface area contributed by atoms with E-state index < -0.39 is 16.6 Å². The van der Waals surface area contributed by atoms with Crippen LogP contribution in [0.25, 0.3) is 22.7 Å². The van der Waals surface area contributed by atoms with Gasteiger partial charge in [-0.1, -0.05) is 47.1 Å². The van der Waals surface area contributed by atoms with E-state index >= 15 is 0 Å². The molecule has 10 nitrogen and oxygen atoms in total. The van der Waals surface area contributed by atoms with Crippen molar-refractivity contribution in [3.63, 3.8) is 0 Å². The Balaban J connectivity index is 1.54. The van der Waals surface area contributed by atoms with Crippen LogP contribution in [0, 0.1) is 17.0 Å². The summed E-state index contributed by atoms with van der Waals surface area (Å²) < 4.78 is 16.0. The summed E-state index contributed by atoms with van der Waals surface area (Å²) in [5.41, 5.74) is 1.15. The highest BCUT2D eigenvalue weighted by atomic mass is 35.5. The first kappa shape index (κ1) is 20.2. The number of carbonyl (C=O) groups excluding carboxylic acids is 1. The second kappa shape index (κ2) is 8.36. The number of aryl methyl sites for hydroxylation is 1. The minimum atomic E-state index is -0.922. The molecule has 2 aromatic carbocycles. The lowest BCUT2D eigenvalue weighted by Gasteiger charge is -2.03. The van der Waals surface area contributed by atoms with Gasteiger partial charge in [0.05, 0.1) is 4.92 Å². The number of esters is 1. The Kier molecular flexibility index (Phi) is 5.46. The van der Waals surface area contributed by atoms with Gasteiger partial charge in [-0.3, -0.25) is 10.1 Å². The zero-order valence-electron chi connectivity index (χ0n) is 15.9. The van der Waals surface area contributed by atoms with Crippen LogP contribution in [0.15, 0.2) is 57.5 Å². The third kappa shape index (κ3) is 4.14. The van der Waals surface area contributed by atoms with E-state index in [-0.39, 0.29) is 29.0 Å². The summed E-state index contributed by atoms with van der Waals surface area (Å²) in [5.74, 6) is -0.308. The van der Waals surface area contributed by atoms with Crippen LogP contribution in [-0.4, -0.2) is 26.2 Å². The first-order valence-electron chi connectivity index (χ1n) is 8.89. The number of hydrogen-bond acceptors (Lipinski definition) is 9. The van der Waals surface area contributed by atoms with E-state index in [0.29, 0.717) is 17.0 Å². The number of halogens is 1. The second-order valence-corrected chi connectivity index (χ2v) is 6.76. The van der Waals surface area contributed by atoms with E-state index in [4.69, 9.17) is 25.3 Å². The Morgan fingerprint density at radius 3 is 2.71 bits per heavy atom. The Morgan fingerprint density at radius 1 is 1.19 bits per heavy atom. The van der Waals surface area contributed by atoms with E-state index in [0.717, 1.165) is 11.6 Å². The maximum absolute atomic E-state index is 12.3. The molecule has 0 saturated heterocycles. The maximum atomic E-state index is 12.3. The van der Waals surface area contributed by atoms with Crippen molar-refractivity contribution >= 4 is 23.3 Å². The number of benzene rings is 2. The number of nitro benzene ring substituents is 1. The van der Waals surface area contributed by atoms with Crippen LogP contribution in [0.4, 0.5) is 5.69 Å². The van der Waals surface area contributed by atoms with Crippen LogP contribution in [0.2, 0.25) is 5.02 Å². The highest BCUT2D eigenvalue weighted by molar-refractivity contribution is 6.31. The van der Waals surface area contributed by atoms with Crippen molar-refractivity contribution in [3.05, 3.63) is 80.9 Å². The van der Waals surface area contributed by atoms with Crippen molar-refractivity contribution in [1.29, 1.82) is 0 Å². The molecule has 11 heteroatoms. The minimum absolute atomic E-state index is 0.000390. The molecule has 0 radical (unpaired) electrons. The highest BCUT2D eigenvalue weighted by Gasteiger charge is 2.24. The zero-order chi connectivity index (χ0) is 22.0. The van der Waals surface area contributed by atoms with E-state index in [1.54, 1.807) is 6.92 Å². The number of carbonyl (C=O) groups is 1. The average Bonchev–Trinajstić information content (AvgIpc) is 3.38. The molecule has 0 bridgehead atoms. The largest absolute Gasteiger partial charge is 0.452 e. The molecule has 0 saturated carbocycles. The summed E-state index contributed by atoms with van der Waals surface area (Å²) >= 11 is 5.76. The third-order valence-electron chi connectivity index (χ3n) is 4.29. The summed E-state index contributed by atoms with van der Waals surface area (Å²) in [5, 5.41) is 23.2. The normalized spacial score (nSPS) is 10.8. The molecular weight excluding hydrogens is 428 g/mol. The molecule has 156 valence electrons. The monoisotopic (exact) mass is 440 g/mol. The van der Waals surface area contributed by atoms with Gasteiger partial charge in [0, 0.05) is 16.7 Å². The summed E-state index contributed by atoms with van der Waals surface area (Å²) in [6.45, 7) is 1.33. The molecule has 0 fully saturated rings. The highest BCUT2D eigenvalue weighted by Crippen LogP contribution is 2.33. The first-order chi connectivity index (χ1) is 14.9. The van der Waals surface area contributed by atoms with E-state index in [1.165, 1.54) is 12.1 Å². The Morgan fingerprint density at radius 2 is 1.97 bits per heavy atom. The molecule has 0 atom stereocenters. The molecule has 0 N–H and O–H groups in total. The van der Waals surface area contributed by atoms with Gasteiger partial charge in [0.25, 0.3) is 17.5 Å². The molecule has 2 heterocycles. The average molecular weight is 441 g/mol. The van der Waals surface area contributed by atoms with Crippen LogP contribution < -0.4 is 0 Å². The van der Waals surface area contributed by atoms with E-state index in [1.807, 2.05) is 30.3 Å². The van der Waals surface area contributed by atoms with Crippen LogP contribution in [0.5, 0.6) is 0 Å². The lowest BCUT2D eigenvalue weighted by atomic mass is 10.1. The van der Waals surface area contributed by atoms with Gasteiger partial charge in [-0.05, 0) is 19.1 Å². The van der Waals surface area contributed by atoms with Gasteiger partial charge in [0.2, 0.25) is 0 Å². The summed E-state index contributed by atoms with van der Waals surface area (Å²) in [6, 6.07) is 13.0. The van der Waals surface area contributed by atoms with E-state index in [2.05, 4.69) is 15.4 Å². The van der Waals surface area contributed by atoms with Crippen molar-refractivity contribution in [2.75, 3.05) is 0 Å². The molecule has 0 unspecified atom stereocenters. The lowest BCUT2D eigenvalue weighted by Crippen LogP contribution is -2.08. The molecule has 0 aliphatic heterocycles. The molecule has 0 spiro atoms. The predicted octanol–water partition coefficient (Wildman–Crippen LogP) is 4.62. The SMILES string of the molecule is Cc1onc(-c2ccccc2)c1-c1nnc(COC(=O)c2ccc(Cl)cc2[N+](=O)[O-])o1. The molecule has 0 amide bonds. The van der Waals surface area contributed by atoms with Crippen molar-refractivity contribution in [2.24, 2.45) is 0 Å². The number of aromatic nitrogens is 3. The Bertz CT molecular complexity index is 1270. The van der Waals surface area contributed by atoms with Gasteiger partial charge < -0.3 is 13.7 Å². The second-order valence-electron chi connectivity index (χ2n) is 6.32. The Labute approximate surface area is 179 Å². The smallest absolute Gasteiger partial charge is 0.345 e. The molecule has 0 aliphatic rings. The number of ether oxygens (including phenoxy) is 1. The van der Waals surface area contributed by atoms with E-state index in [9.17, 15) is 14.9 Å². The molecule has 4 aromatic rings. The topological polar surface area (TPSA) is 134 Å².